The number of carbonyl (C=O) groups excluding carboxylic acids is 3. The van der Waals surface area contributed by atoms with Gasteiger partial charge in [0.2, 0.25) is 6.10 Å². The normalized spacial score (nSPS) is 14.7. The van der Waals surface area contributed by atoms with Crippen LogP contribution in [0.4, 0.5) is 0 Å². The Hall–Kier alpha value is -3.75. The topological polar surface area (TPSA) is 123 Å². The largest absolute Gasteiger partial charge is 0.507 e. The van der Waals surface area contributed by atoms with Crippen LogP contribution in [0.1, 0.15) is 15.9 Å². The number of amides is 2. The molecular formula is C19H18N2O7. The van der Waals surface area contributed by atoms with Crippen molar-refractivity contribution in [3.63, 3.8) is 0 Å². The van der Waals surface area contributed by atoms with Gasteiger partial charge in [-0.25, -0.2) is 4.79 Å². The number of nitrogens with one attached hydrogen (secondary N) is 2. The molecule has 0 spiro atoms. The molecule has 0 fully saturated rings. The summed E-state index contributed by atoms with van der Waals surface area (Å²) in [5, 5.41) is 9.84. The number of esters is 1. The van der Waals surface area contributed by atoms with Crippen molar-refractivity contribution in [3.05, 3.63) is 53.6 Å². The van der Waals surface area contributed by atoms with Crippen molar-refractivity contribution < 1.29 is 33.7 Å². The molecule has 2 aromatic rings. The molecule has 0 radical (unpaired) electrons. The van der Waals surface area contributed by atoms with Crippen molar-refractivity contribution in [2.24, 2.45) is 0 Å². The lowest BCUT2D eigenvalue weighted by Gasteiger charge is -2.25. The number of phenolic OH excluding ortho intramolecular Hbond substituents is 1. The third-order valence-corrected chi connectivity index (χ3v) is 3.92. The lowest BCUT2D eigenvalue weighted by molar-refractivity contribution is -0.135. The standard InChI is InChI=1S/C19H18N2O7/c1-11-5-4-6-12(17(11)23)19(25)27-10-16(22)20-21-18(24)15-9-26-13-7-2-3-8-14(13)28-15/h2-8,15,23H,9-10H2,1H3,(H,20,22)(H,21,24). The van der Waals surface area contributed by atoms with Crippen molar-refractivity contribution in [2.75, 3.05) is 13.2 Å². The predicted octanol–water partition coefficient (Wildman–Crippen LogP) is 0.845. The molecule has 0 bridgehead atoms. The minimum Gasteiger partial charge on any atom is -0.507 e. The molecule has 28 heavy (non-hydrogen) atoms. The molecule has 9 nitrogen and oxygen atoms in total. The Morgan fingerprint density at radius 1 is 1.11 bits per heavy atom. The van der Waals surface area contributed by atoms with E-state index >= 15 is 0 Å². The number of carbonyl (C=O) groups is 3. The predicted molar refractivity (Wildman–Crippen MR) is 95.8 cm³/mol. The van der Waals surface area contributed by atoms with E-state index < -0.39 is 30.5 Å². The third kappa shape index (κ3) is 4.32. The van der Waals surface area contributed by atoms with Crippen molar-refractivity contribution >= 4 is 17.8 Å². The van der Waals surface area contributed by atoms with Gasteiger partial charge in [-0.1, -0.05) is 24.3 Å². The lowest BCUT2D eigenvalue weighted by Crippen LogP contribution is -2.51. The van der Waals surface area contributed by atoms with Crippen LogP contribution >= 0.6 is 0 Å². The zero-order valence-electron chi connectivity index (χ0n) is 14.9. The number of aromatic hydroxyl groups is 1. The van der Waals surface area contributed by atoms with E-state index in [1.165, 1.54) is 6.07 Å². The van der Waals surface area contributed by atoms with Gasteiger partial charge < -0.3 is 19.3 Å². The quantitative estimate of drug-likeness (QED) is 0.526. The molecule has 1 aliphatic rings. The Bertz CT molecular complexity index is 913. The van der Waals surface area contributed by atoms with E-state index in [2.05, 4.69) is 10.9 Å². The minimum atomic E-state index is -0.943. The summed E-state index contributed by atoms with van der Waals surface area (Å²) in [6.07, 6.45) is -0.943. The molecular weight excluding hydrogens is 368 g/mol. The molecule has 2 aromatic carbocycles. The van der Waals surface area contributed by atoms with Crippen LogP contribution in [0, 0.1) is 6.92 Å². The molecule has 146 valence electrons. The maximum absolute atomic E-state index is 12.1. The van der Waals surface area contributed by atoms with Crippen molar-refractivity contribution in [3.8, 4) is 17.2 Å². The number of rotatable bonds is 4. The molecule has 0 aliphatic carbocycles. The van der Waals surface area contributed by atoms with E-state index in [9.17, 15) is 19.5 Å². The Morgan fingerprint density at radius 3 is 2.64 bits per heavy atom. The summed E-state index contributed by atoms with van der Waals surface area (Å²) < 4.78 is 15.8. The van der Waals surface area contributed by atoms with Crippen LogP contribution in [-0.2, 0) is 14.3 Å². The van der Waals surface area contributed by atoms with Crippen LogP contribution in [-0.4, -0.2) is 42.2 Å². The van der Waals surface area contributed by atoms with Crippen LogP contribution < -0.4 is 20.3 Å². The second-order valence-corrected chi connectivity index (χ2v) is 5.95. The second-order valence-electron chi connectivity index (χ2n) is 5.95. The molecule has 2 amide bonds. The van der Waals surface area contributed by atoms with Crippen molar-refractivity contribution in [1.29, 1.82) is 0 Å². The average Bonchev–Trinajstić information content (AvgIpc) is 2.71. The maximum Gasteiger partial charge on any atom is 0.342 e. The lowest BCUT2D eigenvalue weighted by atomic mass is 10.1. The molecule has 9 heteroatoms. The Kier molecular flexibility index (Phi) is 5.64. The molecule has 3 N–H and O–H groups in total. The number of hydrogen-bond acceptors (Lipinski definition) is 7. The van der Waals surface area contributed by atoms with E-state index in [4.69, 9.17) is 14.2 Å². The summed E-state index contributed by atoms with van der Waals surface area (Å²) >= 11 is 0. The highest BCUT2D eigenvalue weighted by Gasteiger charge is 2.27. The van der Waals surface area contributed by atoms with Gasteiger partial charge in [-0.15, -0.1) is 0 Å². The van der Waals surface area contributed by atoms with E-state index in [0.29, 0.717) is 17.1 Å². The fraction of sp³-hybridized carbons (Fsp3) is 0.211. The number of hydrazine groups is 1. The molecule has 0 aromatic heterocycles. The van der Waals surface area contributed by atoms with Gasteiger partial charge in [0.05, 0.1) is 0 Å². The van der Waals surface area contributed by atoms with Gasteiger partial charge in [-0.05, 0) is 30.7 Å². The summed E-state index contributed by atoms with van der Waals surface area (Å²) in [5.41, 5.74) is 4.76. The first-order chi connectivity index (χ1) is 13.5. The van der Waals surface area contributed by atoms with Crippen LogP contribution in [0.5, 0.6) is 17.2 Å². The van der Waals surface area contributed by atoms with Gasteiger partial charge in [0, 0.05) is 0 Å². The fourth-order valence-electron chi connectivity index (χ4n) is 2.43. The van der Waals surface area contributed by atoms with E-state index in [1.54, 1.807) is 43.3 Å². The summed E-state index contributed by atoms with van der Waals surface area (Å²) in [5.74, 6) is -1.50. The first-order valence-electron chi connectivity index (χ1n) is 8.38. The first kappa shape index (κ1) is 19.0. The van der Waals surface area contributed by atoms with Gasteiger partial charge in [0.15, 0.2) is 18.1 Å². The van der Waals surface area contributed by atoms with Gasteiger partial charge in [0.1, 0.15) is 17.9 Å². The summed E-state index contributed by atoms with van der Waals surface area (Å²) in [4.78, 5) is 35.8. The number of aryl methyl sites for hydroxylation is 1. The number of para-hydroxylation sites is 3. The molecule has 1 unspecified atom stereocenters. The number of phenols is 1. The SMILES string of the molecule is Cc1cccc(C(=O)OCC(=O)NNC(=O)C2COc3ccccc3O2)c1O. The monoisotopic (exact) mass is 386 g/mol. The van der Waals surface area contributed by atoms with E-state index in [0.717, 1.165) is 0 Å². The Balaban J connectivity index is 1.45. The molecule has 1 aliphatic heterocycles. The van der Waals surface area contributed by atoms with Crippen molar-refractivity contribution in [1.82, 2.24) is 10.9 Å². The van der Waals surface area contributed by atoms with Gasteiger partial charge in [-0.2, -0.15) is 0 Å². The second kappa shape index (κ2) is 8.30. The average molecular weight is 386 g/mol. The molecule has 0 saturated carbocycles. The number of hydrogen-bond donors (Lipinski definition) is 3. The van der Waals surface area contributed by atoms with E-state index in [1.807, 2.05) is 0 Å². The first-order valence-corrected chi connectivity index (χ1v) is 8.38. The summed E-state index contributed by atoms with van der Waals surface area (Å²) in [7, 11) is 0. The fourth-order valence-corrected chi connectivity index (χ4v) is 2.43. The zero-order chi connectivity index (χ0) is 20.1. The number of ether oxygens (including phenoxy) is 3. The smallest absolute Gasteiger partial charge is 0.342 e. The molecule has 0 saturated heterocycles. The molecule has 1 atom stereocenters. The van der Waals surface area contributed by atoms with Gasteiger partial charge >= 0.3 is 5.97 Å². The Labute approximate surface area is 160 Å². The summed E-state index contributed by atoms with van der Waals surface area (Å²) in [6.45, 7) is 0.974. The zero-order valence-corrected chi connectivity index (χ0v) is 14.9. The van der Waals surface area contributed by atoms with Crippen LogP contribution in [0.3, 0.4) is 0 Å². The highest BCUT2D eigenvalue weighted by molar-refractivity contribution is 5.94. The van der Waals surface area contributed by atoms with Crippen LogP contribution in [0.25, 0.3) is 0 Å². The maximum atomic E-state index is 12.1. The van der Waals surface area contributed by atoms with Crippen LogP contribution in [0.15, 0.2) is 42.5 Å². The van der Waals surface area contributed by atoms with Gasteiger partial charge in [0.25, 0.3) is 11.8 Å². The minimum absolute atomic E-state index is 0.0136. The van der Waals surface area contributed by atoms with Crippen LogP contribution in [0.2, 0.25) is 0 Å². The highest BCUT2D eigenvalue weighted by atomic mass is 16.6. The number of fused-ring (bicyclic) bond motifs is 1. The molecule has 3 rings (SSSR count). The van der Waals surface area contributed by atoms with Gasteiger partial charge in [-0.3, -0.25) is 20.4 Å². The molecule has 1 heterocycles. The Morgan fingerprint density at radius 2 is 1.86 bits per heavy atom. The highest BCUT2D eigenvalue weighted by Crippen LogP contribution is 2.30. The van der Waals surface area contributed by atoms with Crippen molar-refractivity contribution in [2.45, 2.75) is 13.0 Å². The van der Waals surface area contributed by atoms with E-state index in [-0.39, 0.29) is 17.9 Å². The summed E-state index contributed by atoms with van der Waals surface area (Å²) in [6, 6.07) is 11.5. The number of benzene rings is 2. The third-order valence-electron chi connectivity index (χ3n) is 3.92.